The third-order valence-electron chi connectivity index (χ3n) is 2.93. The summed E-state index contributed by atoms with van der Waals surface area (Å²) in [5, 5.41) is 0. The largest absolute Gasteiger partial charge is 0.275 e. The first-order valence-corrected chi connectivity index (χ1v) is 5.63. The topological polar surface area (TPSA) is 37.4 Å². The van der Waals surface area contributed by atoms with Gasteiger partial charge in [-0.25, -0.2) is 0 Å². The Morgan fingerprint density at radius 3 is 1.93 bits per heavy atom. The molecule has 0 aromatic carbocycles. The molecule has 0 saturated heterocycles. The van der Waals surface area contributed by atoms with Crippen LogP contribution < -0.4 is 0 Å². The van der Waals surface area contributed by atoms with E-state index in [4.69, 9.17) is 0 Å². The average Bonchev–Trinajstić information content (AvgIpc) is 2.41. The van der Waals surface area contributed by atoms with Gasteiger partial charge in [0.1, 0.15) is 0 Å². The molecule has 0 aliphatic carbocycles. The van der Waals surface area contributed by atoms with E-state index in [-0.39, 0.29) is 11.8 Å². The quantitative estimate of drug-likeness (QED) is 0.514. The Kier molecular flexibility index (Phi) is 4.06. The molecule has 3 nitrogen and oxygen atoms in total. The van der Waals surface area contributed by atoms with Gasteiger partial charge in [0.25, 0.3) is 11.8 Å². The number of hydrogen-bond acceptors (Lipinski definition) is 2. The molecule has 0 bridgehead atoms. The van der Waals surface area contributed by atoms with Crippen molar-refractivity contribution in [2.75, 3.05) is 6.54 Å². The summed E-state index contributed by atoms with van der Waals surface area (Å²) in [6.07, 6.45) is 4.34. The van der Waals surface area contributed by atoms with Gasteiger partial charge in [-0.15, -0.1) is 0 Å². The van der Waals surface area contributed by atoms with E-state index in [0.29, 0.717) is 17.7 Å². The Morgan fingerprint density at radius 2 is 1.47 bits per heavy atom. The lowest BCUT2D eigenvalue weighted by atomic mass is 10.2. The summed E-state index contributed by atoms with van der Waals surface area (Å²) >= 11 is 0. The first-order chi connectivity index (χ1) is 7.09. The molecule has 2 amide bonds. The zero-order valence-corrected chi connectivity index (χ0v) is 9.80. The number of amides is 2. The van der Waals surface area contributed by atoms with Crippen molar-refractivity contribution in [1.82, 2.24) is 4.90 Å². The van der Waals surface area contributed by atoms with Crippen LogP contribution in [-0.2, 0) is 9.59 Å². The third kappa shape index (κ3) is 2.46. The maximum atomic E-state index is 11.6. The van der Waals surface area contributed by atoms with E-state index in [1.807, 2.05) is 0 Å². The molecule has 84 valence electrons. The number of carbonyl (C=O) groups is 2. The van der Waals surface area contributed by atoms with Gasteiger partial charge in [0, 0.05) is 17.7 Å². The minimum atomic E-state index is -0.103. The number of nitrogens with zero attached hydrogens (tertiary/aromatic N) is 1. The highest BCUT2D eigenvalue weighted by Gasteiger charge is 2.32. The van der Waals surface area contributed by atoms with Crippen molar-refractivity contribution in [2.24, 2.45) is 0 Å². The fraction of sp³-hybridized carbons (Fsp3) is 0.667. The molecule has 0 N–H and O–H groups in total. The van der Waals surface area contributed by atoms with Gasteiger partial charge in [-0.3, -0.25) is 14.5 Å². The SMILES string of the molecule is CCCCCCN1C(=O)C(C)=C(C)C1=O. The van der Waals surface area contributed by atoms with E-state index < -0.39 is 0 Å². The van der Waals surface area contributed by atoms with Crippen molar-refractivity contribution in [2.45, 2.75) is 46.5 Å². The molecule has 3 heteroatoms. The number of carbonyl (C=O) groups excluding carboxylic acids is 2. The Morgan fingerprint density at radius 1 is 0.933 bits per heavy atom. The van der Waals surface area contributed by atoms with Gasteiger partial charge in [-0.05, 0) is 20.3 Å². The van der Waals surface area contributed by atoms with Crippen LogP contribution in [0.2, 0.25) is 0 Å². The van der Waals surface area contributed by atoms with Crippen LogP contribution in [0.4, 0.5) is 0 Å². The molecule has 1 rings (SSSR count). The van der Waals surface area contributed by atoms with Crippen LogP contribution >= 0.6 is 0 Å². The Balaban J connectivity index is 2.46. The minimum absolute atomic E-state index is 0.103. The van der Waals surface area contributed by atoms with Gasteiger partial charge >= 0.3 is 0 Å². The van der Waals surface area contributed by atoms with Gasteiger partial charge in [-0.1, -0.05) is 26.2 Å². The first kappa shape index (κ1) is 12.0. The molecular formula is C12H19NO2. The molecule has 15 heavy (non-hydrogen) atoms. The van der Waals surface area contributed by atoms with E-state index in [2.05, 4.69) is 6.92 Å². The molecule has 0 unspecified atom stereocenters. The van der Waals surface area contributed by atoms with Gasteiger partial charge in [0.15, 0.2) is 0 Å². The third-order valence-corrected chi connectivity index (χ3v) is 2.93. The second-order valence-electron chi connectivity index (χ2n) is 4.07. The van der Waals surface area contributed by atoms with Crippen molar-refractivity contribution < 1.29 is 9.59 Å². The lowest BCUT2D eigenvalue weighted by Crippen LogP contribution is -2.32. The van der Waals surface area contributed by atoms with Gasteiger partial charge in [0.2, 0.25) is 0 Å². The Bertz CT molecular complexity index is 281. The fourth-order valence-corrected chi connectivity index (χ4v) is 1.72. The Hall–Kier alpha value is -1.12. The van der Waals surface area contributed by atoms with Crippen molar-refractivity contribution in [1.29, 1.82) is 0 Å². The van der Waals surface area contributed by atoms with Crippen molar-refractivity contribution in [3.8, 4) is 0 Å². The number of unbranched alkanes of at least 4 members (excludes halogenated alkanes) is 3. The van der Waals surface area contributed by atoms with Crippen LogP contribution in [0.15, 0.2) is 11.1 Å². The molecular weight excluding hydrogens is 190 g/mol. The molecule has 0 fully saturated rings. The second kappa shape index (κ2) is 5.10. The predicted octanol–water partition coefficient (Wildman–Crippen LogP) is 2.27. The number of imide groups is 1. The molecule has 0 spiro atoms. The zero-order chi connectivity index (χ0) is 11.4. The molecule has 0 saturated carbocycles. The maximum absolute atomic E-state index is 11.6. The number of hydrogen-bond donors (Lipinski definition) is 0. The minimum Gasteiger partial charge on any atom is -0.275 e. The molecule has 1 heterocycles. The van der Waals surface area contributed by atoms with E-state index in [1.54, 1.807) is 13.8 Å². The van der Waals surface area contributed by atoms with E-state index >= 15 is 0 Å². The predicted molar refractivity (Wildman–Crippen MR) is 59.2 cm³/mol. The summed E-state index contributed by atoms with van der Waals surface area (Å²) in [7, 11) is 0. The van der Waals surface area contributed by atoms with Gasteiger partial charge in [0.05, 0.1) is 0 Å². The number of rotatable bonds is 5. The first-order valence-electron chi connectivity index (χ1n) is 5.63. The van der Waals surface area contributed by atoms with Crippen LogP contribution in [0, 0.1) is 0 Å². The molecule has 0 atom stereocenters. The van der Waals surface area contributed by atoms with Crippen LogP contribution in [-0.4, -0.2) is 23.3 Å². The zero-order valence-electron chi connectivity index (χ0n) is 9.80. The summed E-state index contributed by atoms with van der Waals surface area (Å²) in [5.41, 5.74) is 1.21. The molecule has 0 aromatic rings. The highest BCUT2D eigenvalue weighted by atomic mass is 16.2. The lowest BCUT2D eigenvalue weighted by molar-refractivity contribution is -0.137. The highest BCUT2D eigenvalue weighted by Crippen LogP contribution is 2.20. The monoisotopic (exact) mass is 209 g/mol. The van der Waals surface area contributed by atoms with Crippen molar-refractivity contribution in [3.63, 3.8) is 0 Å². The van der Waals surface area contributed by atoms with E-state index in [9.17, 15) is 9.59 Å². The van der Waals surface area contributed by atoms with Crippen molar-refractivity contribution >= 4 is 11.8 Å². The lowest BCUT2D eigenvalue weighted by Gasteiger charge is -2.14. The smallest absolute Gasteiger partial charge is 0.256 e. The maximum Gasteiger partial charge on any atom is 0.256 e. The summed E-state index contributed by atoms with van der Waals surface area (Å²) in [4.78, 5) is 24.6. The second-order valence-corrected chi connectivity index (χ2v) is 4.07. The average molecular weight is 209 g/mol. The normalized spacial score (nSPS) is 16.9. The van der Waals surface area contributed by atoms with E-state index in [0.717, 1.165) is 19.3 Å². The molecule has 0 aromatic heterocycles. The van der Waals surface area contributed by atoms with Crippen LogP contribution in [0.3, 0.4) is 0 Å². The summed E-state index contributed by atoms with van der Waals surface area (Å²) < 4.78 is 0. The summed E-state index contributed by atoms with van der Waals surface area (Å²) in [5.74, 6) is -0.206. The Labute approximate surface area is 91.1 Å². The molecule has 0 radical (unpaired) electrons. The van der Waals surface area contributed by atoms with Crippen molar-refractivity contribution in [3.05, 3.63) is 11.1 Å². The van der Waals surface area contributed by atoms with Crippen LogP contribution in [0.5, 0.6) is 0 Å². The fourth-order valence-electron chi connectivity index (χ4n) is 1.72. The van der Waals surface area contributed by atoms with Crippen LogP contribution in [0.25, 0.3) is 0 Å². The van der Waals surface area contributed by atoms with Crippen LogP contribution in [0.1, 0.15) is 46.5 Å². The van der Waals surface area contributed by atoms with Gasteiger partial charge in [-0.2, -0.15) is 0 Å². The highest BCUT2D eigenvalue weighted by molar-refractivity contribution is 6.18. The molecule has 1 aliphatic heterocycles. The summed E-state index contributed by atoms with van der Waals surface area (Å²) in [6.45, 7) is 6.16. The summed E-state index contributed by atoms with van der Waals surface area (Å²) in [6, 6.07) is 0. The molecule has 1 aliphatic rings. The standard InChI is InChI=1S/C12H19NO2/c1-4-5-6-7-8-13-11(14)9(2)10(3)12(13)15/h4-8H2,1-3H3. The van der Waals surface area contributed by atoms with Gasteiger partial charge < -0.3 is 0 Å². The van der Waals surface area contributed by atoms with E-state index in [1.165, 1.54) is 11.3 Å².